The second-order valence-corrected chi connectivity index (χ2v) is 4.60. The van der Waals surface area contributed by atoms with Crippen molar-refractivity contribution in [3.63, 3.8) is 0 Å². The summed E-state index contributed by atoms with van der Waals surface area (Å²) >= 11 is 6.21. The normalized spacial score (nSPS) is 20.0. The molecule has 4 nitrogen and oxygen atoms in total. The van der Waals surface area contributed by atoms with Gasteiger partial charge in [-0.15, -0.1) is 0 Å². The van der Waals surface area contributed by atoms with E-state index < -0.39 is 0 Å². The highest BCUT2D eigenvalue weighted by molar-refractivity contribution is 6.33. The molecule has 1 saturated heterocycles. The Kier molecular flexibility index (Phi) is 2.68. The van der Waals surface area contributed by atoms with Gasteiger partial charge in [0.2, 0.25) is 0 Å². The van der Waals surface area contributed by atoms with E-state index in [2.05, 4.69) is 10.3 Å². The van der Waals surface area contributed by atoms with Crippen LogP contribution in [0.3, 0.4) is 0 Å². The van der Waals surface area contributed by atoms with Crippen LogP contribution in [0.15, 0.2) is 18.3 Å². The number of fused-ring (bicyclic) bond motifs is 1. The Morgan fingerprint density at radius 2 is 2.47 bits per heavy atom. The molecule has 90 valence electrons. The van der Waals surface area contributed by atoms with Crippen molar-refractivity contribution in [3.8, 4) is 5.75 Å². The number of halogens is 1. The quantitative estimate of drug-likeness (QED) is 0.888. The van der Waals surface area contributed by atoms with Crippen LogP contribution in [0.2, 0.25) is 5.15 Å². The lowest BCUT2D eigenvalue weighted by molar-refractivity contribution is 0.417. The van der Waals surface area contributed by atoms with Gasteiger partial charge in [0.15, 0.2) is 5.15 Å². The third-order valence-corrected chi connectivity index (χ3v) is 3.52. The molecule has 0 bridgehead atoms. The monoisotopic (exact) mass is 251 g/mol. The molecule has 0 amide bonds. The fraction of sp³-hybridized carbons (Fsp3) is 0.417. The highest BCUT2D eigenvalue weighted by Gasteiger charge is 2.23. The lowest BCUT2D eigenvalue weighted by atomic mass is 10.1. The second kappa shape index (κ2) is 4.20. The Balaban J connectivity index is 2.20. The third kappa shape index (κ3) is 1.68. The maximum atomic E-state index is 6.21. The minimum Gasteiger partial charge on any atom is -0.494 e. The molecule has 1 aliphatic heterocycles. The predicted molar refractivity (Wildman–Crippen MR) is 67.0 cm³/mol. The van der Waals surface area contributed by atoms with Crippen LogP contribution in [0.4, 0.5) is 0 Å². The molecule has 0 radical (unpaired) electrons. The fourth-order valence-electron chi connectivity index (χ4n) is 2.42. The number of ether oxygens (including phenoxy) is 1. The van der Waals surface area contributed by atoms with Crippen molar-refractivity contribution in [1.29, 1.82) is 0 Å². The van der Waals surface area contributed by atoms with Crippen molar-refractivity contribution < 1.29 is 4.74 Å². The summed E-state index contributed by atoms with van der Waals surface area (Å²) < 4.78 is 7.36. The fourth-order valence-corrected chi connectivity index (χ4v) is 2.69. The van der Waals surface area contributed by atoms with Crippen LogP contribution in [0.5, 0.6) is 5.75 Å². The van der Waals surface area contributed by atoms with E-state index in [-0.39, 0.29) is 0 Å². The lowest BCUT2D eigenvalue weighted by Crippen LogP contribution is -2.10. The van der Waals surface area contributed by atoms with Crippen LogP contribution in [0.25, 0.3) is 5.52 Å². The number of hydrogen-bond acceptors (Lipinski definition) is 3. The maximum absolute atomic E-state index is 6.21. The van der Waals surface area contributed by atoms with E-state index in [1.807, 2.05) is 22.7 Å². The summed E-state index contributed by atoms with van der Waals surface area (Å²) in [4.78, 5) is 4.49. The maximum Gasteiger partial charge on any atom is 0.158 e. The smallest absolute Gasteiger partial charge is 0.158 e. The van der Waals surface area contributed by atoms with Gasteiger partial charge in [-0.1, -0.05) is 11.6 Å². The van der Waals surface area contributed by atoms with Gasteiger partial charge in [0.25, 0.3) is 0 Å². The summed E-state index contributed by atoms with van der Waals surface area (Å²) in [5.74, 6) is 2.22. The first-order chi connectivity index (χ1) is 8.31. The highest BCUT2D eigenvalue weighted by Crippen LogP contribution is 2.31. The number of rotatable bonds is 2. The number of nitrogens with zero attached hydrogens (tertiary/aromatic N) is 2. The van der Waals surface area contributed by atoms with Gasteiger partial charge in [0, 0.05) is 18.7 Å². The van der Waals surface area contributed by atoms with E-state index in [9.17, 15) is 0 Å². The Bertz CT molecular complexity index is 546. The number of nitrogens with one attached hydrogen (secondary N) is 1. The first kappa shape index (κ1) is 10.9. The average Bonchev–Trinajstić information content (AvgIpc) is 2.97. The molecule has 2 aromatic heterocycles. The predicted octanol–water partition coefficient (Wildman–Crippen LogP) is 2.07. The summed E-state index contributed by atoms with van der Waals surface area (Å²) in [5.41, 5.74) is 0.860. The van der Waals surface area contributed by atoms with E-state index in [1.165, 1.54) is 0 Å². The van der Waals surface area contributed by atoms with Crippen LogP contribution in [0.1, 0.15) is 18.2 Å². The molecular weight excluding hydrogens is 238 g/mol. The molecule has 1 N–H and O–H groups in total. The van der Waals surface area contributed by atoms with Gasteiger partial charge in [-0.25, -0.2) is 4.98 Å². The molecule has 0 aromatic carbocycles. The SMILES string of the molecule is COc1cccn2c(C3CCNC3)nc(Cl)c12. The van der Waals surface area contributed by atoms with E-state index in [4.69, 9.17) is 16.3 Å². The lowest BCUT2D eigenvalue weighted by Gasteiger charge is -2.08. The van der Waals surface area contributed by atoms with Gasteiger partial charge in [-0.05, 0) is 25.1 Å². The summed E-state index contributed by atoms with van der Waals surface area (Å²) in [6.07, 6.45) is 3.09. The Morgan fingerprint density at radius 1 is 1.59 bits per heavy atom. The molecule has 0 spiro atoms. The van der Waals surface area contributed by atoms with Gasteiger partial charge in [-0.3, -0.25) is 4.40 Å². The molecule has 3 heterocycles. The minimum absolute atomic E-state index is 0.433. The first-order valence-electron chi connectivity index (χ1n) is 5.72. The molecule has 0 aliphatic carbocycles. The van der Waals surface area contributed by atoms with Crippen LogP contribution in [-0.4, -0.2) is 29.6 Å². The van der Waals surface area contributed by atoms with Crippen molar-refractivity contribution in [2.45, 2.75) is 12.3 Å². The molecule has 1 fully saturated rings. The first-order valence-corrected chi connectivity index (χ1v) is 6.10. The van der Waals surface area contributed by atoms with Crippen LogP contribution in [0, 0.1) is 0 Å². The standard InChI is InChI=1S/C12H14ClN3O/c1-17-9-3-2-6-16-10(9)11(13)15-12(16)8-4-5-14-7-8/h2-3,6,8,14H,4-5,7H2,1H3. The van der Waals surface area contributed by atoms with Gasteiger partial charge < -0.3 is 10.1 Å². The zero-order valence-electron chi connectivity index (χ0n) is 9.61. The molecule has 1 unspecified atom stereocenters. The largest absolute Gasteiger partial charge is 0.494 e. The highest BCUT2D eigenvalue weighted by atomic mass is 35.5. The van der Waals surface area contributed by atoms with E-state index in [1.54, 1.807) is 7.11 Å². The van der Waals surface area contributed by atoms with Crippen LogP contribution < -0.4 is 10.1 Å². The van der Waals surface area contributed by atoms with Crippen molar-refractivity contribution in [1.82, 2.24) is 14.7 Å². The molecule has 5 heteroatoms. The summed E-state index contributed by atoms with van der Waals surface area (Å²) in [5, 5.41) is 3.86. The molecule has 0 saturated carbocycles. The average molecular weight is 252 g/mol. The van der Waals surface area contributed by atoms with Gasteiger partial charge in [0.05, 0.1) is 7.11 Å². The zero-order chi connectivity index (χ0) is 11.8. The molecule has 3 rings (SSSR count). The van der Waals surface area contributed by atoms with Crippen molar-refractivity contribution in [2.24, 2.45) is 0 Å². The van der Waals surface area contributed by atoms with E-state index >= 15 is 0 Å². The summed E-state index contributed by atoms with van der Waals surface area (Å²) in [6, 6.07) is 3.86. The topological polar surface area (TPSA) is 38.6 Å². The second-order valence-electron chi connectivity index (χ2n) is 4.25. The molecular formula is C12H14ClN3O. The zero-order valence-corrected chi connectivity index (χ0v) is 10.4. The molecule has 17 heavy (non-hydrogen) atoms. The van der Waals surface area contributed by atoms with E-state index in [0.29, 0.717) is 11.1 Å². The van der Waals surface area contributed by atoms with Crippen molar-refractivity contribution >= 4 is 17.1 Å². The van der Waals surface area contributed by atoms with Crippen molar-refractivity contribution in [2.75, 3.05) is 20.2 Å². The van der Waals surface area contributed by atoms with Gasteiger partial charge in [0.1, 0.15) is 17.1 Å². The molecule has 1 atom stereocenters. The molecule has 2 aromatic rings. The minimum atomic E-state index is 0.433. The summed E-state index contributed by atoms with van der Waals surface area (Å²) in [6.45, 7) is 2.01. The number of methoxy groups -OCH3 is 1. The number of aromatic nitrogens is 2. The van der Waals surface area contributed by atoms with E-state index in [0.717, 1.165) is 36.6 Å². The van der Waals surface area contributed by atoms with Crippen LogP contribution in [-0.2, 0) is 0 Å². The molecule has 1 aliphatic rings. The Labute approximate surface area is 105 Å². The Hall–Kier alpha value is -1.26. The number of hydrogen-bond donors (Lipinski definition) is 1. The van der Waals surface area contributed by atoms with Crippen LogP contribution >= 0.6 is 11.6 Å². The number of imidazole rings is 1. The number of pyridine rings is 1. The Morgan fingerprint density at radius 3 is 3.18 bits per heavy atom. The van der Waals surface area contributed by atoms with Gasteiger partial charge in [-0.2, -0.15) is 0 Å². The van der Waals surface area contributed by atoms with Gasteiger partial charge >= 0.3 is 0 Å². The third-order valence-electron chi connectivity index (χ3n) is 3.26. The van der Waals surface area contributed by atoms with Crippen molar-refractivity contribution in [3.05, 3.63) is 29.3 Å². The summed E-state index contributed by atoms with van der Waals surface area (Å²) in [7, 11) is 1.65.